The Morgan fingerprint density at radius 3 is 2.61 bits per heavy atom. The summed E-state index contributed by atoms with van der Waals surface area (Å²) in [4.78, 5) is 42.6. The lowest BCUT2D eigenvalue weighted by Gasteiger charge is -2.05. The highest BCUT2D eigenvalue weighted by Gasteiger charge is 2.25. The van der Waals surface area contributed by atoms with Crippen LogP contribution in [0.25, 0.3) is 11.2 Å². The molecule has 2 aromatic heterocycles. The molecule has 0 radical (unpaired) electrons. The van der Waals surface area contributed by atoms with Crippen LogP contribution in [0, 0.1) is 6.92 Å². The van der Waals surface area contributed by atoms with E-state index in [1.165, 1.54) is 16.3 Å². The first-order valence-corrected chi connectivity index (χ1v) is 10.7. The van der Waals surface area contributed by atoms with Crippen LogP contribution < -0.4 is 21.1 Å². The summed E-state index contributed by atoms with van der Waals surface area (Å²) < 4.78 is 3.17. The molecule has 0 saturated heterocycles. The van der Waals surface area contributed by atoms with Gasteiger partial charge in [-0.1, -0.05) is 48.0 Å². The number of carbonyl (C=O) groups excluding carboxylic acids is 1. The molecule has 0 saturated carbocycles. The first-order chi connectivity index (χ1) is 14.9. The van der Waals surface area contributed by atoms with Crippen LogP contribution in [0.4, 0.5) is 5.69 Å². The molecule has 8 nitrogen and oxygen atoms in total. The molecule has 0 bridgehead atoms. The third-order valence-corrected chi connectivity index (χ3v) is 5.86. The first kappa shape index (κ1) is 20.7. The third-order valence-electron chi connectivity index (χ3n) is 4.86. The maximum Gasteiger partial charge on any atom is 0.331 e. The zero-order valence-electron chi connectivity index (χ0n) is 17.1. The van der Waals surface area contributed by atoms with E-state index in [1.807, 2.05) is 66.1 Å². The molecule has 2 aromatic carbocycles. The summed E-state index contributed by atoms with van der Waals surface area (Å²) in [5, 5.41) is 3.47. The summed E-state index contributed by atoms with van der Waals surface area (Å²) in [6, 6.07) is 17.2. The van der Waals surface area contributed by atoms with Gasteiger partial charge in [0.25, 0.3) is 11.2 Å². The monoisotopic (exact) mass is 436 g/mol. The van der Waals surface area contributed by atoms with Crippen molar-refractivity contribution in [2.75, 3.05) is 11.1 Å². The smallest absolute Gasteiger partial charge is 0.325 e. The van der Waals surface area contributed by atoms with Gasteiger partial charge in [0.1, 0.15) is 6.54 Å². The molecule has 2 heterocycles. The molecule has 0 atom stereocenters. The summed E-state index contributed by atoms with van der Waals surface area (Å²) >= 11 is 1.27. The van der Waals surface area contributed by atoms with E-state index in [0.717, 1.165) is 16.8 Å². The van der Waals surface area contributed by atoms with Crippen molar-refractivity contribution in [2.24, 2.45) is 7.05 Å². The molecule has 158 valence electrons. The number of nitrogens with one attached hydrogen (secondary N) is 3. The van der Waals surface area contributed by atoms with Gasteiger partial charge in [-0.2, -0.15) is 0 Å². The number of thioether (sulfide) groups is 1. The molecule has 1 amide bonds. The largest absolute Gasteiger partial charge is 0.331 e. The van der Waals surface area contributed by atoms with Gasteiger partial charge in [-0.05, 0) is 36.4 Å². The van der Waals surface area contributed by atoms with Gasteiger partial charge >= 0.3 is 16.4 Å². The Balaban J connectivity index is 1.69. The number of hydrogen-bond donors (Lipinski definition) is 3. The Labute approximate surface area is 181 Å². The van der Waals surface area contributed by atoms with E-state index in [-0.39, 0.29) is 11.7 Å². The highest BCUT2D eigenvalue weighted by atomic mass is 32.2. The van der Waals surface area contributed by atoms with Gasteiger partial charge in [0.05, 0.1) is 5.75 Å². The van der Waals surface area contributed by atoms with Gasteiger partial charge < -0.3 is 5.32 Å². The lowest BCUT2D eigenvalue weighted by molar-refractivity contribution is -0.700. The van der Waals surface area contributed by atoms with E-state index in [4.69, 9.17) is 0 Å². The standard InChI is InChI=1S/C22H21N5O3S/c1-14-7-6-8-15(11-14)12-27-18-19(26(2)21(30)25-20(18)29)24-22(27)31-13-17(28)23-16-9-4-3-5-10-16/h3-11H,12-13H2,1-2H3,(H2,23,25,28,29,30)/p+1. The summed E-state index contributed by atoms with van der Waals surface area (Å²) in [5.74, 6) is -0.0266. The Bertz CT molecular complexity index is 1370. The minimum Gasteiger partial charge on any atom is -0.325 e. The Morgan fingerprint density at radius 2 is 1.87 bits per heavy atom. The fourth-order valence-corrected chi connectivity index (χ4v) is 4.20. The van der Waals surface area contributed by atoms with E-state index in [0.29, 0.717) is 22.9 Å². The van der Waals surface area contributed by atoms with Crippen molar-refractivity contribution in [1.82, 2.24) is 14.5 Å². The lowest BCUT2D eigenvalue weighted by atomic mass is 10.1. The van der Waals surface area contributed by atoms with E-state index in [1.54, 1.807) is 7.05 Å². The number of aryl methyl sites for hydroxylation is 2. The molecule has 0 unspecified atom stereocenters. The van der Waals surface area contributed by atoms with Crippen molar-refractivity contribution < 1.29 is 9.36 Å². The zero-order valence-corrected chi connectivity index (χ0v) is 18.0. The summed E-state index contributed by atoms with van der Waals surface area (Å²) in [7, 11) is 1.59. The topological polar surface area (TPSA) is 104 Å². The normalized spacial score (nSPS) is 11.0. The Morgan fingerprint density at radius 1 is 1.10 bits per heavy atom. The number of aromatic nitrogens is 4. The molecule has 31 heavy (non-hydrogen) atoms. The summed E-state index contributed by atoms with van der Waals surface area (Å²) in [6.45, 7) is 2.43. The van der Waals surface area contributed by atoms with E-state index in [2.05, 4.69) is 15.3 Å². The first-order valence-electron chi connectivity index (χ1n) is 9.70. The average Bonchev–Trinajstić information content (AvgIpc) is 3.10. The van der Waals surface area contributed by atoms with E-state index >= 15 is 0 Å². The minimum absolute atomic E-state index is 0.140. The lowest BCUT2D eigenvalue weighted by Crippen LogP contribution is -2.41. The van der Waals surface area contributed by atoms with Crippen LogP contribution in [0.3, 0.4) is 0 Å². The quantitative estimate of drug-likeness (QED) is 0.317. The maximum atomic E-state index is 12.6. The van der Waals surface area contributed by atoms with Crippen LogP contribution in [0.15, 0.2) is 69.3 Å². The van der Waals surface area contributed by atoms with Gasteiger partial charge in [-0.15, -0.1) is 0 Å². The second kappa shape index (κ2) is 8.65. The number of hydrogen-bond acceptors (Lipinski definition) is 4. The van der Waals surface area contributed by atoms with Gasteiger partial charge in [0, 0.05) is 12.7 Å². The van der Waals surface area contributed by atoms with E-state index < -0.39 is 11.2 Å². The van der Waals surface area contributed by atoms with Crippen LogP contribution in [0.5, 0.6) is 0 Å². The molecule has 0 aliphatic heterocycles. The molecule has 0 spiro atoms. The molecular weight excluding hydrogens is 414 g/mol. The van der Waals surface area contributed by atoms with Crippen molar-refractivity contribution in [3.8, 4) is 0 Å². The second-order valence-electron chi connectivity index (χ2n) is 7.22. The molecule has 0 aliphatic rings. The number of anilines is 1. The number of para-hydroxylation sites is 1. The van der Waals surface area contributed by atoms with Crippen LogP contribution in [0.2, 0.25) is 0 Å². The molecular formula is C22H22N5O3S+. The van der Waals surface area contributed by atoms with Crippen molar-refractivity contribution in [1.29, 1.82) is 0 Å². The van der Waals surface area contributed by atoms with Gasteiger partial charge in [0.2, 0.25) is 5.91 Å². The number of carbonyl (C=O) groups is 1. The minimum atomic E-state index is -0.500. The van der Waals surface area contributed by atoms with Gasteiger partial charge in [0.15, 0.2) is 0 Å². The van der Waals surface area contributed by atoms with Crippen LogP contribution in [-0.2, 0) is 18.4 Å². The van der Waals surface area contributed by atoms with Crippen molar-refractivity contribution >= 4 is 34.5 Å². The molecule has 9 heteroatoms. The van der Waals surface area contributed by atoms with Crippen molar-refractivity contribution in [2.45, 2.75) is 18.6 Å². The maximum absolute atomic E-state index is 12.6. The fraction of sp³-hybridized carbons (Fsp3) is 0.182. The van der Waals surface area contributed by atoms with Crippen LogP contribution in [0.1, 0.15) is 11.1 Å². The number of rotatable bonds is 6. The van der Waals surface area contributed by atoms with Crippen LogP contribution in [-0.4, -0.2) is 26.2 Å². The zero-order chi connectivity index (χ0) is 22.0. The number of imidazole rings is 1. The SMILES string of the molecule is Cc1cccc(C[n+]2c(SCC(=O)Nc3ccccc3)[nH]c3c2c(=O)[nH]c(=O)n3C)c1. The highest BCUT2D eigenvalue weighted by Crippen LogP contribution is 2.17. The number of amides is 1. The third kappa shape index (κ3) is 4.46. The second-order valence-corrected chi connectivity index (χ2v) is 8.19. The fourth-order valence-electron chi connectivity index (χ4n) is 3.38. The Hall–Kier alpha value is -3.59. The van der Waals surface area contributed by atoms with Crippen molar-refractivity contribution in [3.05, 3.63) is 86.6 Å². The predicted octanol–water partition coefficient (Wildman–Crippen LogP) is 1.93. The molecule has 4 rings (SSSR count). The average molecular weight is 437 g/mol. The number of aromatic amines is 2. The van der Waals surface area contributed by atoms with Crippen molar-refractivity contribution in [3.63, 3.8) is 0 Å². The number of fused-ring (bicyclic) bond motifs is 1. The molecule has 0 fully saturated rings. The number of nitrogens with zero attached hydrogens (tertiary/aromatic N) is 2. The van der Waals surface area contributed by atoms with E-state index in [9.17, 15) is 14.4 Å². The number of benzene rings is 2. The van der Waals surface area contributed by atoms with Crippen LogP contribution >= 0.6 is 11.8 Å². The number of H-pyrrole nitrogens is 2. The van der Waals surface area contributed by atoms with Gasteiger partial charge in [-0.25, -0.2) is 14.3 Å². The van der Waals surface area contributed by atoms with Gasteiger partial charge in [-0.3, -0.25) is 19.1 Å². The highest BCUT2D eigenvalue weighted by molar-refractivity contribution is 7.99. The Kier molecular flexibility index (Phi) is 5.77. The molecule has 0 aliphatic carbocycles. The summed E-state index contributed by atoms with van der Waals surface area (Å²) in [6.07, 6.45) is 0. The predicted molar refractivity (Wildman–Crippen MR) is 120 cm³/mol. The summed E-state index contributed by atoms with van der Waals surface area (Å²) in [5.41, 5.74) is 2.63. The molecule has 4 aromatic rings. The molecule has 3 N–H and O–H groups in total.